The summed E-state index contributed by atoms with van der Waals surface area (Å²) in [5.74, 6) is -0.0553. The molecule has 2 aliphatic heterocycles. The minimum atomic E-state index is -3.79. The van der Waals surface area contributed by atoms with Gasteiger partial charge in [0.05, 0.1) is 10.0 Å². The molecule has 2 aliphatic rings. The highest BCUT2D eigenvalue weighted by Gasteiger charge is 2.35. The molecule has 0 N–H and O–H groups in total. The molecule has 24 heavy (non-hydrogen) atoms. The number of piperazine rings is 1. The van der Waals surface area contributed by atoms with Crippen molar-refractivity contribution in [2.45, 2.75) is 23.8 Å². The van der Waals surface area contributed by atoms with Crippen LogP contribution in [0.25, 0.3) is 0 Å². The van der Waals surface area contributed by atoms with Crippen molar-refractivity contribution in [3.05, 3.63) is 28.2 Å². The van der Waals surface area contributed by atoms with Crippen molar-refractivity contribution in [2.24, 2.45) is 0 Å². The second-order valence-corrected chi connectivity index (χ2v) is 8.47. The van der Waals surface area contributed by atoms with E-state index in [2.05, 4.69) is 0 Å². The molecule has 0 aromatic heterocycles. The van der Waals surface area contributed by atoms with Gasteiger partial charge in [0.1, 0.15) is 11.0 Å². The largest absolute Gasteiger partial charge is 0.368 e. The van der Waals surface area contributed by atoms with Crippen molar-refractivity contribution in [1.29, 1.82) is 0 Å². The molecule has 9 heteroatoms. The number of rotatable bonds is 3. The van der Waals surface area contributed by atoms with E-state index in [9.17, 15) is 13.2 Å². The molecule has 1 unspecified atom stereocenters. The van der Waals surface area contributed by atoms with Crippen LogP contribution in [0.1, 0.15) is 12.8 Å². The van der Waals surface area contributed by atoms with Gasteiger partial charge >= 0.3 is 0 Å². The van der Waals surface area contributed by atoms with Gasteiger partial charge in [0.25, 0.3) is 5.91 Å². The zero-order chi connectivity index (χ0) is 17.3. The predicted octanol–water partition coefficient (Wildman–Crippen LogP) is 2.01. The summed E-state index contributed by atoms with van der Waals surface area (Å²) in [5, 5.41) is 0.195. The molecule has 0 spiro atoms. The Morgan fingerprint density at radius 1 is 1.12 bits per heavy atom. The van der Waals surface area contributed by atoms with Gasteiger partial charge in [-0.2, -0.15) is 4.31 Å². The van der Waals surface area contributed by atoms with Crippen LogP contribution >= 0.6 is 23.2 Å². The van der Waals surface area contributed by atoms with Gasteiger partial charge in [-0.05, 0) is 25.0 Å². The van der Waals surface area contributed by atoms with E-state index in [1.807, 2.05) is 0 Å². The monoisotopic (exact) mass is 392 g/mol. The third-order valence-electron chi connectivity index (χ3n) is 4.27. The van der Waals surface area contributed by atoms with Gasteiger partial charge in [-0.15, -0.1) is 0 Å². The molecule has 0 aliphatic carbocycles. The van der Waals surface area contributed by atoms with Crippen molar-refractivity contribution < 1.29 is 17.9 Å². The summed E-state index contributed by atoms with van der Waals surface area (Å²) in [6.45, 7) is 1.69. The van der Waals surface area contributed by atoms with Crippen LogP contribution in [0.3, 0.4) is 0 Å². The van der Waals surface area contributed by atoms with E-state index in [1.54, 1.807) is 11.0 Å². The lowest BCUT2D eigenvalue weighted by Gasteiger charge is -2.35. The Hall–Kier alpha value is -0.860. The Balaban J connectivity index is 1.71. The van der Waals surface area contributed by atoms with Crippen LogP contribution in [0.15, 0.2) is 23.1 Å². The fourth-order valence-corrected chi connectivity index (χ4v) is 5.50. The summed E-state index contributed by atoms with van der Waals surface area (Å²) in [5.41, 5.74) is 0. The Kier molecular flexibility index (Phi) is 5.36. The maximum atomic E-state index is 12.8. The van der Waals surface area contributed by atoms with E-state index in [4.69, 9.17) is 27.9 Å². The minimum Gasteiger partial charge on any atom is -0.368 e. The SMILES string of the molecule is O=C(C1CCCO1)N1CCN(S(=O)(=O)c2c(Cl)cccc2Cl)CC1. The Labute approximate surface area is 151 Å². The molecule has 2 heterocycles. The van der Waals surface area contributed by atoms with Gasteiger partial charge in [0.15, 0.2) is 0 Å². The standard InChI is InChI=1S/C15H18Cl2N2O4S/c16-11-3-1-4-12(17)14(11)24(21,22)19-8-6-18(7-9-19)15(20)13-5-2-10-23-13/h1,3-4,13H,2,5-10H2. The van der Waals surface area contributed by atoms with E-state index in [0.29, 0.717) is 19.7 Å². The van der Waals surface area contributed by atoms with Gasteiger partial charge < -0.3 is 9.64 Å². The highest BCUT2D eigenvalue weighted by atomic mass is 35.5. The molecule has 132 valence electrons. The average Bonchev–Trinajstić information content (AvgIpc) is 3.08. The lowest BCUT2D eigenvalue weighted by Crippen LogP contribution is -2.52. The van der Waals surface area contributed by atoms with Crippen molar-refractivity contribution >= 4 is 39.1 Å². The molecule has 0 bridgehead atoms. The lowest BCUT2D eigenvalue weighted by atomic mass is 10.2. The molecule has 0 saturated carbocycles. The predicted molar refractivity (Wildman–Crippen MR) is 90.8 cm³/mol. The first-order valence-corrected chi connectivity index (χ1v) is 9.95. The first kappa shape index (κ1) is 17.9. The van der Waals surface area contributed by atoms with Gasteiger partial charge in [-0.3, -0.25) is 4.79 Å². The summed E-state index contributed by atoms with van der Waals surface area (Å²) in [6, 6.07) is 4.59. The molecule has 1 amide bonds. The fraction of sp³-hybridized carbons (Fsp3) is 0.533. The van der Waals surface area contributed by atoms with Gasteiger partial charge in [0, 0.05) is 32.8 Å². The molecular weight excluding hydrogens is 375 g/mol. The van der Waals surface area contributed by atoms with E-state index in [-0.39, 0.29) is 40.0 Å². The van der Waals surface area contributed by atoms with E-state index in [1.165, 1.54) is 16.4 Å². The normalized spacial score (nSPS) is 22.8. The number of carbonyl (C=O) groups excluding carboxylic acids is 1. The van der Waals surface area contributed by atoms with Gasteiger partial charge in [-0.1, -0.05) is 29.3 Å². The Morgan fingerprint density at radius 2 is 1.75 bits per heavy atom. The molecule has 6 nitrogen and oxygen atoms in total. The van der Waals surface area contributed by atoms with Crippen LogP contribution < -0.4 is 0 Å². The second kappa shape index (κ2) is 7.17. The summed E-state index contributed by atoms with van der Waals surface area (Å²) in [7, 11) is -3.79. The van der Waals surface area contributed by atoms with Crippen molar-refractivity contribution in [1.82, 2.24) is 9.21 Å². The molecule has 2 fully saturated rings. The zero-order valence-corrected chi connectivity index (χ0v) is 15.3. The number of hydrogen-bond acceptors (Lipinski definition) is 4. The van der Waals surface area contributed by atoms with Crippen LogP contribution in [0, 0.1) is 0 Å². The molecule has 1 aromatic carbocycles. The second-order valence-electron chi connectivity index (χ2n) is 5.78. The molecule has 3 rings (SSSR count). The number of carbonyl (C=O) groups is 1. The summed E-state index contributed by atoms with van der Waals surface area (Å²) in [6.07, 6.45) is 1.23. The number of nitrogens with zero attached hydrogens (tertiary/aromatic N) is 2. The van der Waals surface area contributed by atoms with Crippen LogP contribution in [-0.4, -0.2) is 62.4 Å². The molecule has 2 saturated heterocycles. The van der Waals surface area contributed by atoms with Crippen LogP contribution in [-0.2, 0) is 19.6 Å². The minimum absolute atomic E-state index is 0.0553. The number of sulfonamides is 1. The smallest absolute Gasteiger partial charge is 0.251 e. The molecular formula is C15H18Cl2N2O4S. The topological polar surface area (TPSA) is 66.9 Å². The molecule has 0 radical (unpaired) electrons. The first-order valence-electron chi connectivity index (χ1n) is 7.76. The summed E-state index contributed by atoms with van der Waals surface area (Å²) in [4.78, 5) is 13.9. The van der Waals surface area contributed by atoms with Crippen molar-refractivity contribution in [3.8, 4) is 0 Å². The lowest BCUT2D eigenvalue weighted by molar-refractivity contribution is -0.142. The average molecular weight is 393 g/mol. The number of ether oxygens (including phenoxy) is 1. The number of amides is 1. The molecule has 1 atom stereocenters. The highest BCUT2D eigenvalue weighted by molar-refractivity contribution is 7.89. The maximum absolute atomic E-state index is 12.8. The van der Waals surface area contributed by atoms with Crippen molar-refractivity contribution in [3.63, 3.8) is 0 Å². The van der Waals surface area contributed by atoms with Gasteiger partial charge in [-0.25, -0.2) is 8.42 Å². The number of halogens is 2. The Morgan fingerprint density at radius 3 is 2.29 bits per heavy atom. The summed E-state index contributed by atoms with van der Waals surface area (Å²) < 4.78 is 32.3. The first-order chi connectivity index (χ1) is 11.4. The van der Waals surface area contributed by atoms with Crippen LogP contribution in [0.5, 0.6) is 0 Å². The van der Waals surface area contributed by atoms with E-state index >= 15 is 0 Å². The van der Waals surface area contributed by atoms with E-state index in [0.717, 1.165) is 12.8 Å². The summed E-state index contributed by atoms with van der Waals surface area (Å²) >= 11 is 12.1. The van der Waals surface area contributed by atoms with Gasteiger partial charge in [0.2, 0.25) is 10.0 Å². The van der Waals surface area contributed by atoms with Crippen LogP contribution in [0.4, 0.5) is 0 Å². The van der Waals surface area contributed by atoms with Crippen molar-refractivity contribution in [2.75, 3.05) is 32.8 Å². The third-order valence-corrected chi connectivity index (χ3v) is 7.13. The number of benzene rings is 1. The van der Waals surface area contributed by atoms with E-state index < -0.39 is 10.0 Å². The Bertz CT molecular complexity index is 707. The fourth-order valence-electron chi connectivity index (χ4n) is 2.98. The highest BCUT2D eigenvalue weighted by Crippen LogP contribution is 2.32. The zero-order valence-electron chi connectivity index (χ0n) is 13.0. The molecule has 1 aromatic rings. The van der Waals surface area contributed by atoms with Crippen LogP contribution in [0.2, 0.25) is 10.0 Å². The maximum Gasteiger partial charge on any atom is 0.251 e. The quantitative estimate of drug-likeness (QED) is 0.788. The number of hydrogen-bond donors (Lipinski definition) is 0. The third kappa shape index (κ3) is 3.41.